The highest BCUT2D eigenvalue weighted by atomic mass is 32.2. The Labute approximate surface area is 116 Å². The molecule has 0 saturated heterocycles. The van der Waals surface area contributed by atoms with Gasteiger partial charge in [0.1, 0.15) is 5.69 Å². The maximum Gasteiger partial charge on any atom is 0.237 e. The van der Waals surface area contributed by atoms with Gasteiger partial charge in [-0.25, -0.2) is 10.4 Å². The number of nitrogens with one attached hydrogen (secondary N) is 1. The van der Waals surface area contributed by atoms with E-state index >= 15 is 0 Å². The van der Waals surface area contributed by atoms with Gasteiger partial charge >= 0.3 is 0 Å². The monoisotopic (exact) mass is 276 g/mol. The first-order valence-electron chi connectivity index (χ1n) is 5.75. The Kier molecular flexibility index (Phi) is 4.73. The van der Waals surface area contributed by atoms with Crippen LogP contribution in [0.1, 0.15) is 17.3 Å². The number of hydrazine groups is 1. The van der Waals surface area contributed by atoms with Gasteiger partial charge in [0.15, 0.2) is 0 Å². The van der Waals surface area contributed by atoms with Gasteiger partial charge in [0.2, 0.25) is 5.88 Å². The predicted octanol–water partition coefficient (Wildman–Crippen LogP) is 1.76. The van der Waals surface area contributed by atoms with Gasteiger partial charge in [0.25, 0.3) is 0 Å². The van der Waals surface area contributed by atoms with Crippen LogP contribution in [0, 0.1) is 0 Å². The average Bonchev–Trinajstić information content (AvgIpc) is 2.49. The minimum absolute atomic E-state index is 0.257. The van der Waals surface area contributed by atoms with Crippen LogP contribution in [0.5, 0.6) is 5.88 Å². The molecule has 0 aliphatic heterocycles. The molecule has 0 amide bonds. The Morgan fingerprint density at radius 3 is 2.68 bits per heavy atom. The normalized spacial score (nSPS) is 12.2. The molecule has 1 atom stereocenters. The van der Waals surface area contributed by atoms with Gasteiger partial charge in [-0.3, -0.25) is 10.8 Å². The molecule has 19 heavy (non-hydrogen) atoms. The Bertz CT molecular complexity index is 502. The van der Waals surface area contributed by atoms with E-state index in [1.165, 1.54) is 0 Å². The fraction of sp³-hybridized carbons (Fsp3) is 0.231. The number of hydrogen-bond donors (Lipinski definition) is 2. The third kappa shape index (κ3) is 2.86. The lowest BCUT2D eigenvalue weighted by Crippen LogP contribution is -2.30. The summed E-state index contributed by atoms with van der Waals surface area (Å²) >= 11 is 1.66. The summed E-state index contributed by atoms with van der Waals surface area (Å²) in [5, 5.41) is 0. The third-order valence-corrected chi connectivity index (χ3v) is 3.59. The molecule has 0 saturated carbocycles. The number of nitrogens with two attached hydrogens (primary N) is 1. The first-order chi connectivity index (χ1) is 9.31. The summed E-state index contributed by atoms with van der Waals surface area (Å²) in [7, 11) is 1.57. The van der Waals surface area contributed by atoms with Crippen LogP contribution in [-0.4, -0.2) is 23.3 Å². The lowest BCUT2D eigenvalue weighted by molar-refractivity contribution is 0.382. The lowest BCUT2D eigenvalue weighted by Gasteiger charge is -2.19. The molecule has 100 valence electrons. The fourth-order valence-corrected chi connectivity index (χ4v) is 2.55. The van der Waals surface area contributed by atoms with Gasteiger partial charge in [-0.2, -0.15) is 0 Å². The zero-order valence-electron chi connectivity index (χ0n) is 10.8. The molecular weight excluding hydrogens is 260 g/mol. The topological polar surface area (TPSA) is 73.1 Å². The summed E-state index contributed by atoms with van der Waals surface area (Å²) < 4.78 is 5.25. The van der Waals surface area contributed by atoms with Crippen molar-refractivity contribution >= 4 is 11.8 Å². The minimum Gasteiger partial charge on any atom is -0.480 e. The highest BCUT2D eigenvalue weighted by Gasteiger charge is 2.21. The van der Waals surface area contributed by atoms with Crippen molar-refractivity contribution < 1.29 is 4.74 Å². The summed E-state index contributed by atoms with van der Waals surface area (Å²) in [5.41, 5.74) is 4.52. The summed E-state index contributed by atoms with van der Waals surface area (Å²) in [5.74, 6) is 6.17. The largest absolute Gasteiger partial charge is 0.480 e. The van der Waals surface area contributed by atoms with Crippen LogP contribution in [0.2, 0.25) is 0 Å². The van der Waals surface area contributed by atoms with Crippen molar-refractivity contribution in [3.63, 3.8) is 0 Å². The Hall–Kier alpha value is -1.63. The van der Waals surface area contributed by atoms with Crippen molar-refractivity contribution in [1.29, 1.82) is 0 Å². The number of methoxy groups -OCH3 is 1. The van der Waals surface area contributed by atoms with E-state index in [2.05, 4.69) is 15.4 Å². The molecule has 0 aliphatic carbocycles. The second-order valence-corrected chi connectivity index (χ2v) is 4.64. The first kappa shape index (κ1) is 13.8. The highest BCUT2D eigenvalue weighted by molar-refractivity contribution is 7.98. The molecule has 0 fully saturated rings. The number of rotatable bonds is 5. The Morgan fingerprint density at radius 2 is 2.00 bits per heavy atom. The molecule has 1 aromatic carbocycles. The van der Waals surface area contributed by atoms with Crippen molar-refractivity contribution in [3.05, 3.63) is 47.9 Å². The van der Waals surface area contributed by atoms with Gasteiger partial charge in [-0.05, 0) is 17.9 Å². The molecule has 0 aliphatic rings. The standard InChI is InChI=1S/C13H16N4OS/c1-18-13-12(15-7-8-16-13)11(17-14)9-5-3-4-6-10(9)19-2/h3-8,11,17H,14H2,1-2H3. The number of thioether (sulfide) groups is 1. The maximum atomic E-state index is 5.70. The number of hydrogen-bond acceptors (Lipinski definition) is 6. The number of benzene rings is 1. The van der Waals surface area contributed by atoms with E-state index < -0.39 is 0 Å². The van der Waals surface area contributed by atoms with Crippen molar-refractivity contribution in [2.45, 2.75) is 10.9 Å². The van der Waals surface area contributed by atoms with Gasteiger partial charge < -0.3 is 4.74 Å². The van der Waals surface area contributed by atoms with Gasteiger partial charge in [0, 0.05) is 17.3 Å². The van der Waals surface area contributed by atoms with E-state index in [9.17, 15) is 0 Å². The van der Waals surface area contributed by atoms with Gasteiger partial charge in [-0.1, -0.05) is 18.2 Å². The molecule has 0 bridgehead atoms. The van der Waals surface area contributed by atoms with E-state index in [0.29, 0.717) is 11.6 Å². The summed E-state index contributed by atoms with van der Waals surface area (Å²) in [6, 6.07) is 7.78. The van der Waals surface area contributed by atoms with Crippen LogP contribution in [0.3, 0.4) is 0 Å². The van der Waals surface area contributed by atoms with Crippen LogP contribution < -0.4 is 16.0 Å². The third-order valence-electron chi connectivity index (χ3n) is 2.77. The second kappa shape index (κ2) is 6.51. The average molecular weight is 276 g/mol. The predicted molar refractivity (Wildman–Crippen MR) is 76.0 cm³/mol. The summed E-state index contributed by atoms with van der Waals surface area (Å²) in [6.45, 7) is 0. The van der Waals surface area contributed by atoms with Gasteiger partial charge in [-0.15, -0.1) is 11.8 Å². The van der Waals surface area contributed by atoms with Crippen LogP contribution in [0.25, 0.3) is 0 Å². The van der Waals surface area contributed by atoms with Crippen molar-refractivity contribution in [2.24, 2.45) is 5.84 Å². The molecule has 1 unspecified atom stereocenters. The van der Waals surface area contributed by atoms with E-state index in [4.69, 9.17) is 10.6 Å². The minimum atomic E-state index is -0.257. The van der Waals surface area contributed by atoms with Crippen LogP contribution in [0.4, 0.5) is 0 Å². The zero-order chi connectivity index (χ0) is 13.7. The molecule has 3 N–H and O–H groups in total. The SMILES string of the molecule is COc1nccnc1C(NN)c1ccccc1SC. The smallest absolute Gasteiger partial charge is 0.237 e. The van der Waals surface area contributed by atoms with Crippen LogP contribution in [-0.2, 0) is 0 Å². The quantitative estimate of drug-likeness (QED) is 0.492. The van der Waals surface area contributed by atoms with Crippen molar-refractivity contribution in [1.82, 2.24) is 15.4 Å². The molecule has 0 spiro atoms. The highest BCUT2D eigenvalue weighted by Crippen LogP contribution is 2.31. The van der Waals surface area contributed by atoms with Gasteiger partial charge in [0.05, 0.1) is 13.2 Å². The van der Waals surface area contributed by atoms with Crippen molar-refractivity contribution in [3.8, 4) is 5.88 Å². The van der Waals surface area contributed by atoms with E-state index in [1.54, 1.807) is 31.3 Å². The molecule has 5 nitrogen and oxygen atoms in total. The van der Waals surface area contributed by atoms with E-state index in [0.717, 1.165) is 10.5 Å². The molecule has 1 aromatic heterocycles. The number of nitrogens with zero attached hydrogens (tertiary/aromatic N) is 2. The molecule has 0 radical (unpaired) electrons. The maximum absolute atomic E-state index is 5.70. The Balaban J connectivity index is 2.50. The molecule has 2 rings (SSSR count). The summed E-state index contributed by atoms with van der Waals surface area (Å²) in [6.07, 6.45) is 5.25. The van der Waals surface area contributed by atoms with Crippen molar-refractivity contribution in [2.75, 3.05) is 13.4 Å². The number of aromatic nitrogens is 2. The second-order valence-electron chi connectivity index (χ2n) is 3.79. The fourth-order valence-electron chi connectivity index (χ4n) is 1.91. The molecule has 6 heteroatoms. The van der Waals surface area contributed by atoms with Crippen LogP contribution in [0.15, 0.2) is 41.6 Å². The number of ether oxygens (including phenoxy) is 1. The molecule has 2 aromatic rings. The molecule has 1 heterocycles. The first-order valence-corrected chi connectivity index (χ1v) is 6.98. The van der Waals surface area contributed by atoms with Crippen LogP contribution >= 0.6 is 11.8 Å². The van der Waals surface area contributed by atoms with E-state index in [-0.39, 0.29) is 6.04 Å². The van der Waals surface area contributed by atoms with E-state index in [1.807, 2.05) is 30.5 Å². The Morgan fingerprint density at radius 1 is 1.26 bits per heavy atom. The lowest BCUT2D eigenvalue weighted by atomic mass is 10.0. The molecular formula is C13H16N4OS. The zero-order valence-corrected chi connectivity index (χ0v) is 11.6. The summed E-state index contributed by atoms with van der Waals surface area (Å²) in [4.78, 5) is 9.63.